The maximum atomic E-state index is 12.3. The minimum absolute atomic E-state index is 0.0176. The lowest BCUT2D eigenvalue weighted by Gasteiger charge is -2.20. The van der Waals surface area contributed by atoms with E-state index in [1.54, 1.807) is 18.2 Å². The number of carbonyl (C=O) groups is 1. The molecule has 1 aromatic rings. The van der Waals surface area contributed by atoms with Crippen molar-refractivity contribution in [3.05, 3.63) is 23.8 Å². The number of ether oxygens (including phenoxy) is 2. The summed E-state index contributed by atoms with van der Waals surface area (Å²) in [4.78, 5) is 13.7. The number of benzene rings is 1. The molecule has 0 radical (unpaired) electrons. The number of amidine groups is 1. The van der Waals surface area contributed by atoms with E-state index in [2.05, 4.69) is 5.16 Å². The van der Waals surface area contributed by atoms with Crippen LogP contribution in [0.3, 0.4) is 0 Å². The summed E-state index contributed by atoms with van der Waals surface area (Å²) >= 11 is 0. The molecule has 0 bridgehead atoms. The Balaban J connectivity index is 2.18. The van der Waals surface area contributed by atoms with Gasteiger partial charge in [-0.05, 0) is 25.1 Å². The third kappa shape index (κ3) is 2.70. The summed E-state index contributed by atoms with van der Waals surface area (Å²) in [6.07, 6.45) is 0. The highest BCUT2D eigenvalue weighted by atomic mass is 16.7. The Hall–Kier alpha value is -2.44. The first-order chi connectivity index (χ1) is 9.15. The van der Waals surface area contributed by atoms with E-state index in [1.807, 2.05) is 6.92 Å². The van der Waals surface area contributed by atoms with Gasteiger partial charge in [0.05, 0.1) is 6.54 Å². The molecule has 1 amide bonds. The lowest BCUT2D eigenvalue weighted by Crippen LogP contribution is -2.38. The van der Waals surface area contributed by atoms with Gasteiger partial charge in [-0.25, -0.2) is 0 Å². The van der Waals surface area contributed by atoms with Gasteiger partial charge in [0.1, 0.15) is 0 Å². The third-order valence-corrected chi connectivity index (χ3v) is 2.77. The fraction of sp³-hybridized carbons (Fsp3) is 0.333. The third-order valence-electron chi connectivity index (χ3n) is 2.77. The van der Waals surface area contributed by atoms with Gasteiger partial charge in [-0.3, -0.25) is 4.79 Å². The summed E-state index contributed by atoms with van der Waals surface area (Å²) < 4.78 is 10.4. The summed E-state index contributed by atoms with van der Waals surface area (Å²) in [5.74, 6) is 0.935. The average Bonchev–Trinajstić information content (AvgIpc) is 2.90. The van der Waals surface area contributed by atoms with E-state index in [-0.39, 0.29) is 25.1 Å². The topological polar surface area (TPSA) is 97.4 Å². The van der Waals surface area contributed by atoms with Crippen LogP contribution in [-0.4, -0.2) is 41.7 Å². The maximum Gasteiger partial charge on any atom is 0.254 e. The van der Waals surface area contributed by atoms with Crippen molar-refractivity contribution in [2.24, 2.45) is 10.9 Å². The lowest BCUT2D eigenvalue weighted by atomic mass is 10.1. The molecule has 0 atom stereocenters. The van der Waals surface area contributed by atoms with Crippen LogP contribution in [0, 0.1) is 0 Å². The molecule has 1 aliphatic rings. The second-order valence-corrected chi connectivity index (χ2v) is 3.98. The highest BCUT2D eigenvalue weighted by molar-refractivity contribution is 5.97. The Labute approximate surface area is 110 Å². The van der Waals surface area contributed by atoms with Gasteiger partial charge in [0, 0.05) is 12.1 Å². The molecule has 3 N–H and O–H groups in total. The number of rotatable bonds is 4. The molecular weight excluding hydrogens is 250 g/mol. The summed E-state index contributed by atoms with van der Waals surface area (Å²) in [5, 5.41) is 11.4. The number of likely N-dealkylation sites (N-methyl/N-ethyl adjacent to an activating group) is 1. The Morgan fingerprint density at radius 3 is 2.89 bits per heavy atom. The van der Waals surface area contributed by atoms with E-state index in [9.17, 15) is 4.79 Å². The molecule has 0 aromatic heterocycles. The van der Waals surface area contributed by atoms with Crippen molar-refractivity contribution in [1.82, 2.24) is 4.90 Å². The van der Waals surface area contributed by atoms with Crippen molar-refractivity contribution in [3.8, 4) is 11.5 Å². The second kappa shape index (κ2) is 5.47. The van der Waals surface area contributed by atoms with Gasteiger partial charge < -0.3 is 25.3 Å². The van der Waals surface area contributed by atoms with Crippen LogP contribution in [0.2, 0.25) is 0 Å². The molecule has 7 nitrogen and oxygen atoms in total. The summed E-state index contributed by atoms with van der Waals surface area (Å²) in [7, 11) is 0. The Morgan fingerprint density at radius 1 is 1.47 bits per heavy atom. The molecule has 0 aliphatic carbocycles. The molecule has 1 heterocycles. The van der Waals surface area contributed by atoms with Crippen LogP contribution < -0.4 is 15.2 Å². The SMILES string of the molecule is CCN(CC(N)=NO)C(=O)c1ccc2c(c1)OCO2. The van der Waals surface area contributed by atoms with Crippen LogP contribution in [0.25, 0.3) is 0 Å². The number of carbonyl (C=O) groups excluding carboxylic acids is 1. The fourth-order valence-corrected chi connectivity index (χ4v) is 1.77. The number of nitrogens with zero attached hydrogens (tertiary/aromatic N) is 2. The molecule has 1 aromatic carbocycles. The number of oxime groups is 1. The molecular formula is C12H15N3O4. The van der Waals surface area contributed by atoms with E-state index in [4.69, 9.17) is 20.4 Å². The van der Waals surface area contributed by atoms with Crippen molar-refractivity contribution < 1.29 is 19.5 Å². The molecule has 7 heteroatoms. The van der Waals surface area contributed by atoms with Gasteiger partial charge in [0.25, 0.3) is 5.91 Å². The normalized spacial score (nSPS) is 13.4. The van der Waals surface area contributed by atoms with Gasteiger partial charge in [-0.15, -0.1) is 0 Å². The quantitative estimate of drug-likeness (QED) is 0.360. The lowest BCUT2D eigenvalue weighted by molar-refractivity contribution is 0.0785. The largest absolute Gasteiger partial charge is 0.454 e. The number of hydrogen-bond donors (Lipinski definition) is 2. The van der Waals surface area contributed by atoms with Crippen LogP contribution in [0.1, 0.15) is 17.3 Å². The Bertz CT molecular complexity index is 516. The van der Waals surface area contributed by atoms with Gasteiger partial charge in [0.2, 0.25) is 6.79 Å². The van der Waals surface area contributed by atoms with Crippen LogP contribution in [0.15, 0.2) is 23.4 Å². The van der Waals surface area contributed by atoms with Gasteiger partial charge in [0.15, 0.2) is 17.3 Å². The van der Waals surface area contributed by atoms with Crippen LogP contribution in [-0.2, 0) is 0 Å². The smallest absolute Gasteiger partial charge is 0.254 e. The zero-order valence-electron chi connectivity index (χ0n) is 10.5. The van der Waals surface area contributed by atoms with Crippen LogP contribution in [0.5, 0.6) is 11.5 Å². The Kier molecular flexibility index (Phi) is 3.74. The number of nitrogens with two attached hydrogens (primary N) is 1. The van der Waals surface area contributed by atoms with Crippen molar-refractivity contribution in [2.45, 2.75) is 6.92 Å². The monoisotopic (exact) mass is 265 g/mol. The van der Waals surface area contributed by atoms with Crippen molar-refractivity contribution in [2.75, 3.05) is 19.9 Å². The molecule has 102 valence electrons. The molecule has 2 rings (SSSR count). The molecule has 1 aliphatic heterocycles. The standard InChI is InChI=1S/C12H15N3O4/c1-2-15(6-11(13)14-17)12(16)8-3-4-9-10(5-8)19-7-18-9/h3-5,17H,2,6-7H2,1H3,(H2,13,14). The molecule has 0 spiro atoms. The predicted octanol–water partition coefficient (Wildman–Crippen LogP) is 0.624. The highest BCUT2D eigenvalue weighted by Gasteiger charge is 2.20. The number of amides is 1. The predicted molar refractivity (Wildman–Crippen MR) is 67.6 cm³/mol. The second-order valence-electron chi connectivity index (χ2n) is 3.98. The van der Waals surface area contributed by atoms with Crippen molar-refractivity contribution >= 4 is 11.7 Å². The minimum atomic E-state index is -0.215. The van der Waals surface area contributed by atoms with Gasteiger partial charge in [-0.1, -0.05) is 5.16 Å². The molecule has 0 saturated heterocycles. The fourth-order valence-electron chi connectivity index (χ4n) is 1.77. The zero-order chi connectivity index (χ0) is 13.8. The van der Waals surface area contributed by atoms with Gasteiger partial charge >= 0.3 is 0 Å². The number of fused-ring (bicyclic) bond motifs is 1. The first-order valence-corrected chi connectivity index (χ1v) is 5.81. The molecule has 0 fully saturated rings. The van der Waals surface area contributed by atoms with Crippen LogP contribution >= 0.6 is 0 Å². The summed E-state index contributed by atoms with van der Waals surface area (Å²) in [5.41, 5.74) is 5.89. The van der Waals surface area contributed by atoms with Crippen molar-refractivity contribution in [1.29, 1.82) is 0 Å². The summed E-state index contributed by atoms with van der Waals surface area (Å²) in [6.45, 7) is 2.49. The zero-order valence-corrected chi connectivity index (χ0v) is 10.5. The van der Waals surface area contributed by atoms with E-state index >= 15 is 0 Å². The van der Waals surface area contributed by atoms with E-state index in [0.29, 0.717) is 23.6 Å². The Morgan fingerprint density at radius 2 is 2.21 bits per heavy atom. The van der Waals surface area contributed by atoms with E-state index in [0.717, 1.165) is 0 Å². The number of hydrogen-bond acceptors (Lipinski definition) is 5. The maximum absolute atomic E-state index is 12.3. The van der Waals surface area contributed by atoms with E-state index < -0.39 is 0 Å². The van der Waals surface area contributed by atoms with Gasteiger partial charge in [-0.2, -0.15) is 0 Å². The first-order valence-electron chi connectivity index (χ1n) is 5.81. The summed E-state index contributed by atoms with van der Waals surface area (Å²) in [6, 6.07) is 4.97. The van der Waals surface area contributed by atoms with Crippen molar-refractivity contribution in [3.63, 3.8) is 0 Å². The minimum Gasteiger partial charge on any atom is -0.454 e. The first kappa shape index (κ1) is 13.0. The molecule has 19 heavy (non-hydrogen) atoms. The molecule has 0 saturated carbocycles. The van der Waals surface area contributed by atoms with Crippen LogP contribution in [0.4, 0.5) is 0 Å². The average molecular weight is 265 g/mol. The van der Waals surface area contributed by atoms with E-state index in [1.165, 1.54) is 4.90 Å². The molecule has 0 unspecified atom stereocenters. The highest BCUT2D eigenvalue weighted by Crippen LogP contribution is 2.32.